The molecule has 2 aliphatic rings. The van der Waals surface area contributed by atoms with Crippen LogP contribution in [-0.2, 0) is 19.5 Å². The number of allylic oxidation sites excluding steroid dienone is 2. The van der Waals surface area contributed by atoms with E-state index in [0.29, 0.717) is 11.4 Å². The zero-order chi connectivity index (χ0) is 11.0. The van der Waals surface area contributed by atoms with Crippen LogP contribution in [0.25, 0.3) is 0 Å². The van der Waals surface area contributed by atoms with Crippen molar-refractivity contribution < 1.29 is 24.6 Å². The van der Waals surface area contributed by atoms with Crippen LogP contribution in [0.5, 0.6) is 5.75 Å². The second-order valence-corrected chi connectivity index (χ2v) is 3.70. The maximum atomic E-state index is 9.72. The predicted molar refractivity (Wildman–Crippen MR) is 64.1 cm³/mol. The van der Waals surface area contributed by atoms with Crippen molar-refractivity contribution in [3.8, 4) is 5.75 Å². The van der Waals surface area contributed by atoms with Gasteiger partial charge in [-0.05, 0) is 18.2 Å². The Morgan fingerprint density at radius 3 is 2.71 bits per heavy atom. The van der Waals surface area contributed by atoms with Gasteiger partial charge in [0.1, 0.15) is 11.8 Å². The predicted octanol–water partition coefficient (Wildman–Crippen LogP) is 2.09. The van der Waals surface area contributed by atoms with Gasteiger partial charge in [0.2, 0.25) is 0 Å². The Hall–Kier alpha value is -1.54. The Morgan fingerprint density at radius 2 is 1.94 bits per heavy atom. The molecule has 3 nitrogen and oxygen atoms in total. The molecule has 0 radical (unpaired) electrons. The molecule has 1 N–H and O–H groups in total. The number of fused-ring (bicyclic) bond motifs is 1. The molecule has 1 aliphatic carbocycles. The minimum atomic E-state index is 0. The molecule has 80 valence electrons. The number of benzene rings is 1. The monoisotopic (exact) mass is 274 g/mol. The first-order chi connectivity index (χ1) is 7.84. The molecule has 1 unspecified atom stereocenters. The van der Waals surface area contributed by atoms with E-state index >= 15 is 0 Å². The summed E-state index contributed by atoms with van der Waals surface area (Å²) < 4.78 is 0. The van der Waals surface area contributed by atoms with Gasteiger partial charge in [-0.25, -0.2) is 4.99 Å². The number of para-hydroxylation sites is 1. The zero-order valence-corrected chi connectivity index (χ0v) is 12.2. The van der Waals surface area contributed by atoms with E-state index in [-0.39, 0.29) is 31.3 Å². The van der Waals surface area contributed by atoms with Crippen LogP contribution in [0.15, 0.2) is 58.6 Å². The average molecular weight is 276 g/mol. The fourth-order valence-electron chi connectivity index (χ4n) is 1.81. The largest absolute Gasteiger partial charge is 0.507 e. The summed E-state index contributed by atoms with van der Waals surface area (Å²) in [5.74, 6) is 0.825. The van der Waals surface area contributed by atoms with Gasteiger partial charge in [0.25, 0.3) is 0 Å². The maximum absolute atomic E-state index is 9.72. The first-order valence-electron chi connectivity index (χ1n) is 5.14. The van der Waals surface area contributed by atoms with Crippen LogP contribution in [-0.4, -0.2) is 22.7 Å². The molecule has 1 heterocycles. The molecule has 0 aromatic heterocycles. The second-order valence-electron chi connectivity index (χ2n) is 3.70. The van der Waals surface area contributed by atoms with Crippen LogP contribution in [0.3, 0.4) is 0 Å². The van der Waals surface area contributed by atoms with Gasteiger partial charge in [-0.3, -0.25) is 4.99 Å². The van der Waals surface area contributed by atoms with E-state index < -0.39 is 0 Å². The number of phenols is 1. The first kappa shape index (κ1) is 11.9. The molecule has 1 aromatic rings. The van der Waals surface area contributed by atoms with E-state index in [1.165, 1.54) is 0 Å². The van der Waals surface area contributed by atoms with Gasteiger partial charge >= 0.3 is 0 Å². The number of aliphatic imine (C=N–C) groups is 2. The molecule has 3 rings (SSSR count). The number of phenolic OH excluding ortho intramolecular Hbond substituents is 1. The molecule has 0 saturated heterocycles. The van der Waals surface area contributed by atoms with E-state index in [0.717, 1.165) is 5.71 Å². The van der Waals surface area contributed by atoms with Crippen LogP contribution in [0, 0.1) is 0 Å². The van der Waals surface area contributed by atoms with Gasteiger partial charge in [-0.2, -0.15) is 0 Å². The molecule has 0 saturated carbocycles. The molecule has 4 heteroatoms. The van der Waals surface area contributed by atoms with Crippen molar-refractivity contribution in [2.75, 3.05) is 0 Å². The van der Waals surface area contributed by atoms with Crippen LogP contribution in [0.1, 0.15) is 5.56 Å². The third-order valence-electron chi connectivity index (χ3n) is 2.62. The van der Waals surface area contributed by atoms with Crippen molar-refractivity contribution in [1.82, 2.24) is 0 Å². The standard InChI is InChI=1S/C13H10N2O.Zn/c16-12-8-4-1-5-9(12)13-14-10-6-2-3-7-11(10)15-13;/h1-8,10,16H;. The minimum Gasteiger partial charge on any atom is -0.507 e. The molecule has 0 spiro atoms. The third-order valence-corrected chi connectivity index (χ3v) is 2.62. The summed E-state index contributed by atoms with van der Waals surface area (Å²) in [7, 11) is 0. The number of aromatic hydroxyl groups is 1. The van der Waals surface area contributed by atoms with Crippen LogP contribution < -0.4 is 0 Å². The topological polar surface area (TPSA) is 45.0 Å². The van der Waals surface area contributed by atoms with E-state index in [2.05, 4.69) is 9.98 Å². The van der Waals surface area contributed by atoms with Crippen LogP contribution in [0.2, 0.25) is 0 Å². The number of rotatable bonds is 1. The summed E-state index contributed by atoms with van der Waals surface area (Å²) in [5.41, 5.74) is 1.62. The van der Waals surface area contributed by atoms with Crippen molar-refractivity contribution in [2.45, 2.75) is 6.04 Å². The smallest absolute Gasteiger partial charge is 0.159 e. The molecule has 0 amide bonds. The molecule has 1 atom stereocenters. The van der Waals surface area contributed by atoms with Crippen LogP contribution >= 0.6 is 0 Å². The van der Waals surface area contributed by atoms with E-state index in [1.807, 2.05) is 36.4 Å². The average Bonchev–Trinajstić information content (AvgIpc) is 2.73. The number of hydrogen-bond acceptors (Lipinski definition) is 3. The molecule has 0 bridgehead atoms. The fourth-order valence-corrected chi connectivity index (χ4v) is 1.81. The molecule has 1 aromatic carbocycles. The SMILES string of the molecule is Oc1ccccc1C1=NC2C=CC=CC2=N1.[Zn]. The van der Waals surface area contributed by atoms with Crippen molar-refractivity contribution in [1.29, 1.82) is 0 Å². The summed E-state index contributed by atoms with van der Waals surface area (Å²) in [5, 5.41) is 9.72. The molecule has 0 fully saturated rings. The quantitative estimate of drug-likeness (QED) is 0.784. The minimum absolute atomic E-state index is 0. The van der Waals surface area contributed by atoms with Crippen molar-refractivity contribution in [2.24, 2.45) is 9.98 Å². The van der Waals surface area contributed by atoms with E-state index in [4.69, 9.17) is 0 Å². The molecule has 17 heavy (non-hydrogen) atoms. The van der Waals surface area contributed by atoms with Gasteiger partial charge < -0.3 is 5.11 Å². The molecule has 1 aliphatic heterocycles. The third kappa shape index (κ3) is 2.13. The Labute approximate surface area is 112 Å². The first-order valence-corrected chi connectivity index (χ1v) is 5.14. The van der Waals surface area contributed by atoms with Crippen molar-refractivity contribution in [3.05, 3.63) is 54.1 Å². The summed E-state index contributed by atoms with van der Waals surface area (Å²) in [6, 6.07) is 7.13. The van der Waals surface area contributed by atoms with Gasteiger partial charge in [-0.15, -0.1) is 0 Å². The Bertz CT molecular complexity index is 558. The molecular weight excluding hydrogens is 266 g/mol. The van der Waals surface area contributed by atoms with Gasteiger partial charge in [0, 0.05) is 19.5 Å². The normalized spacial score (nSPS) is 20.4. The molecular formula is C13H10N2OZn. The Balaban J connectivity index is 0.00000108. The Kier molecular flexibility index (Phi) is 3.34. The second kappa shape index (κ2) is 4.76. The van der Waals surface area contributed by atoms with Gasteiger partial charge in [0.15, 0.2) is 5.84 Å². The fraction of sp³-hybridized carbons (Fsp3) is 0.0769. The van der Waals surface area contributed by atoms with Gasteiger partial charge in [-0.1, -0.05) is 30.4 Å². The number of hydrogen-bond donors (Lipinski definition) is 1. The number of nitrogens with zero attached hydrogens (tertiary/aromatic N) is 2. The summed E-state index contributed by atoms with van der Waals surface area (Å²) in [6.45, 7) is 0. The van der Waals surface area contributed by atoms with Crippen molar-refractivity contribution >= 4 is 11.5 Å². The summed E-state index contributed by atoms with van der Waals surface area (Å²) in [4.78, 5) is 8.87. The summed E-state index contributed by atoms with van der Waals surface area (Å²) in [6.07, 6.45) is 7.84. The van der Waals surface area contributed by atoms with Crippen LogP contribution in [0.4, 0.5) is 0 Å². The Morgan fingerprint density at radius 1 is 1.12 bits per heavy atom. The maximum Gasteiger partial charge on any atom is 0.159 e. The van der Waals surface area contributed by atoms with Gasteiger partial charge in [0.05, 0.1) is 11.3 Å². The zero-order valence-electron chi connectivity index (χ0n) is 9.24. The van der Waals surface area contributed by atoms with Crippen molar-refractivity contribution in [3.63, 3.8) is 0 Å². The van der Waals surface area contributed by atoms with E-state index in [9.17, 15) is 5.11 Å². The number of amidine groups is 1. The summed E-state index contributed by atoms with van der Waals surface area (Å²) >= 11 is 0. The van der Waals surface area contributed by atoms with E-state index in [1.54, 1.807) is 12.1 Å².